The third-order valence-electron chi connectivity index (χ3n) is 8.79. The highest BCUT2D eigenvalue weighted by atomic mass is 19.1. The number of aromatic nitrogens is 2. The minimum Gasteiger partial charge on any atom is -0.507 e. The van der Waals surface area contributed by atoms with Gasteiger partial charge in [0.2, 0.25) is 11.9 Å². The number of nitrogens with zero attached hydrogens (tertiary/aromatic N) is 6. The highest BCUT2D eigenvalue weighted by Gasteiger charge is 2.35. The molecular formula is C32H37FN6O2. The lowest BCUT2D eigenvalue weighted by atomic mass is 9.92. The van der Waals surface area contributed by atoms with E-state index in [9.17, 15) is 9.90 Å². The smallest absolute Gasteiger partial charge is 0.228 e. The van der Waals surface area contributed by atoms with Gasteiger partial charge in [0.05, 0.1) is 0 Å². The van der Waals surface area contributed by atoms with E-state index in [-0.39, 0.29) is 29.3 Å². The van der Waals surface area contributed by atoms with E-state index in [4.69, 9.17) is 9.97 Å². The summed E-state index contributed by atoms with van der Waals surface area (Å²) in [5.74, 6) is 0.782. The number of halogens is 1. The molecule has 0 unspecified atom stereocenters. The summed E-state index contributed by atoms with van der Waals surface area (Å²) < 4.78 is 16.9. The predicted octanol–water partition coefficient (Wildman–Crippen LogP) is 4.80. The Hall–Kier alpha value is -3.98. The molecule has 1 N–H and O–H groups in total. The van der Waals surface area contributed by atoms with Gasteiger partial charge in [-0.3, -0.25) is 4.79 Å². The number of aryl methyl sites for hydroxylation is 1. The zero-order valence-corrected chi connectivity index (χ0v) is 24.5. The van der Waals surface area contributed by atoms with E-state index in [0.29, 0.717) is 53.0 Å². The van der Waals surface area contributed by atoms with Crippen molar-refractivity contribution < 1.29 is 14.3 Å². The molecule has 0 radical (unpaired) electrons. The summed E-state index contributed by atoms with van der Waals surface area (Å²) in [6.07, 6.45) is 0. The Morgan fingerprint density at radius 2 is 1.71 bits per heavy atom. The van der Waals surface area contributed by atoms with Crippen molar-refractivity contribution in [3.63, 3.8) is 0 Å². The van der Waals surface area contributed by atoms with Crippen molar-refractivity contribution in [3.05, 3.63) is 53.8 Å². The Bertz CT molecular complexity index is 1670. The Morgan fingerprint density at radius 1 is 0.976 bits per heavy atom. The quantitative estimate of drug-likeness (QED) is 0.387. The van der Waals surface area contributed by atoms with Crippen molar-refractivity contribution in [1.29, 1.82) is 0 Å². The monoisotopic (exact) mass is 556 g/mol. The number of aromatic hydroxyl groups is 1. The number of anilines is 2. The first-order valence-corrected chi connectivity index (χ1v) is 14.2. The number of phenols is 1. The molecule has 1 amide bonds. The molecule has 0 aliphatic carbocycles. The minimum atomic E-state index is -0.468. The fraction of sp³-hybridized carbons (Fsp3) is 0.406. The van der Waals surface area contributed by atoms with Gasteiger partial charge in [0.1, 0.15) is 17.1 Å². The molecule has 214 valence electrons. The van der Waals surface area contributed by atoms with Gasteiger partial charge in [0.25, 0.3) is 0 Å². The third-order valence-corrected chi connectivity index (χ3v) is 8.79. The molecule has 0 bridgehead atoms. The number of carbonyl (C=O) groups is 1. The molecule has 41 heavy (non-hydrogen) atoms. The second-order valence-electron chi connectivity index (χ2n) is 11.9. The standard InChI is InChI=1S/C32H37FN6O2/c1-18-13-25-30(29(33)27(18)28-24-10-8-7-9-22(24)11-12-26(28)41)34-32(37-16-23(17-37)36(5)6)35-31(25)39-15-19(2)38(21(4)40)14-20(39)3/h7-13,19-20,23,41H,14-17H2,1-6H3/t19-,20+/m1/s1. The summed E-state index contributed by atoms with van der Waals surface area (Å²) >= 11 is 0. The summed E-state index contributed by atoms with van der Waals surface area (Å²) in [4.78, 5) is 30.5. The summed E-state index contributed by atoms with van der Waals surface area (Å²) in [5.41, 5.74) is 1.74. The van der Waals surface area contributed by atoms with Gasteiger partial charge in [-0.15, -0.1) is 0 Å². The van der Waals surface area contributed by atoms with Crippen LogP contribution in [-0.2, 0) is 4.79 Å². The molecule has 3 heterocycles. The molecule has 8 nitrogen and oxygen atoms in total. The number of hydrogen-bond donors (Lipinski definition) is 1. The first-order valence-electron chi connectivity index (χ1n) is 14.2. The fourth-order valence-corrected chi connectivity index (χ4v) is 6.32. The van der Waals surface area contributed by atoms with Crippen LogP contribution in [0.4, 0.5) is 16.2 Å². The van der Waals surface area contributed by atoms with E-state index in [1.165, 1.54) is 0 Å². The van der Waals surface area contributed by atoms with Gasteiger partial charge < -0.3 is 24.7 Å². The summed E-state index contributed by atoms with van der Waals surface area (Å²) in [6.45, 7) is 10.2. The average Bonchev–Trinajstić information content (AvgIpc) is 2.89. The van der Waals surface area contributed by atoms with Crippen molar-refractivity contribution in [3.8, 4) is 16.9 Å². The summed E-state index contributed by atoms with van der Waals surface area (Å²) in [5, 5.41) is 13.3. The number of fused-ring (bicyclic) bond motifs is 2. The first-order chi connectivity index (χ1) is 19.5. The van der Waals surface area contributed by atoms with E-state index in [1.54, 1.807) is 13.0 Å². The number of amides is 1. The zero-order valence-electron chi connectivity index (χ0n) is 24.5. The normalized spacial score (nSPS) is 19.9. The van der Waals surface area contributed by atoms with E-state index in [1.807, 2.05) is 55.1 Å². The average molecular weight is 557 g/mol. The predicted molar refractivity (Wildman–Crippen MR) is 162 cm³/mol. The van der Waals surface area contributed by atoms with Gasteiger partial charge in [0, 0.05) is 67.7 Å². The Kier molecular flexibility index (Phi) is 6.72. The maximum Gasteiger partial charge on any atom is 0.228 e. The van der Waals surface area contributed by atoms with Crippen molar-refractivity contribution in [2.24, 2.45) is 0 Å². The van der Waals surface area contributed by atoms with Gasteiger partial charge in [0.15, 0.2) is 5.82 Å². The number of phenolic OH excluding ortho intramolecular Hbond substituents is 1. The Morgan fingerprint density at radius 3 is 2.41 bits per heavy atom. The van der Waals surface area contributed by atoms with Crippen molar-refractivity contribution in [1.82, 2.24) is 19.8 Å². The third kappa shape index (κ3) is 4.52. The summed E-state index contributed by atoms with van der Waals surface area (Å²) in [6, 6.07) is 13.4. The van der Waals surface area contributed by atoms with Crippen LogP contribution in [0, 0.1) is 12.7 Å². The van der Waals surface area contributed by atoms with Crippen LogP contribution in [0.5, 0.6) is 5.75 Å². The van der Waals surface area contributed by atoms with Crippen LogP contribution in [0.3, 0.4) is 0 Å². The molecule has 2 fully saturated rings. The molecule has 2 saturated heterocycles. The number of benzene rings is 3. The second-order valence-corrected chi connectivity index (χ2v) is 11.9. The maximum absolute atomic E-state index is 16.9. The number of hydrogen-bond acceptors (Lipinski definition) is 7. The van der Waals surface area contributed by atoms with Gasteiger partial charge in [-0.05, 0) is 63.3 Å². The lowest BCUT2D eigenvalue weighted by Gasteiger charge is -2.45. The van der Waals surface area contributed by atoms with E-state index >= 15 is 4.39 Å². The molecule has 0 spiro atoms. The SMILES string of the molecule is CC(=O)N1C[C@H](C)N(c2nc(N3CC(N(C)C)C3)nc3c(F)c(-c4c(O)ccc5ccccc45)c(C)cc23)C[C@H]1C. The molecule has 4 aromatic rings. The largest absolute Gasteiger partial charge is 0.507 e. The van der Waals surface area contributed by atoms with Crippen LogP contribution < -0.4 is 9.80 Å². The van der Waals surface area contributed by atoms with E-state index in [0.717, 1.165) is 23.9 Å². The summed E-state index contributed by atoms with van der Waals surface area (Å²) in [7, 11) is 4.11. The molecule has 1 aromatic heterocycles. The fourth-order valence-electron chi connectivity index (χ4n) is 6.32. The lowest BCUT2D eigenvalue weighted by Crippen LogP contribution is -2.59. The molecule has 3 aromatic carbocycles. The second kappa shape index (κ2) is 10.1. The molecule has 2 aliphatic heterocycles. The first kappa shape index (κ1) is 27.2. The maximum atomic E-state index is 16.9. The molecular weight excluding hydrogens is 519 g/mol. The van der Waals surface area contributed by atoms with Crippen LogP contribution in [-0.4, -0.2) is 89.2 Å². The van der Waals surface area contributed by atoms with Crippen LogP contribution in [0.1, 0.15) is 26.3 Å². The van der Waals surface area contributed by atoms with Crippen LogP contribution in [0.15, 0.2) is 42.5 Å². The Balaban J connectivity index is 1.56. The lowest BCUT2D eigenvalue weighted by molar-refractivity contribution is -0.131. The highest BCUT2D eigenvalue weighted by Crippen LogP contribution is 2.43. The van der Waals surface area contributed by atoms with E-state index < -0.39 is 5.82 Å². The van der Waals surface area contributed by atoms with Gasteiger partial charge in [-0.25, -0.2) is 9.37 Å². The molecule has 6 rings (SSSR count). The number of likely N-dealkylation sites (N-methyl/N-ethyl adjacent to an activating group) is 1. The van der Waals surface area contributed by atoms with Crippen LogP contribution in [0.25, 0.3) is 32.8 Å². The molecule has 0 saturated carbocycles. The van der Waals surface area contributed by atoms with Crippen molar-refractivity contribution >= 4 is 39.3 Å². The van der Waals surface area contributed by atoms with Crippen molar-refractivity contribution in [2.75, 3.05) is 50.1 Å². The topological polar surface area (TPSA) is 76.0 Å². The Labute approximate surface area is 240 Å². The van der Waals surface area contributed by atoms with Crippen LogP contribution in [0.2, 0.25) is 0 Å². The number of carbonyl (C=O) groups excluding carboxylic acids is 1. The number of piperazine rings is 1. The highest BCUT2D eigenvalue weighted by molar-refractivity contribution is 6.04. The number of rotatable bonds is 4. The van der Waals surface area contributed by atoms with Gasteiger partial charge in [-0.2, -0.15) is 4.98 Å². The van der Waals surface area contributed by atoms with Gasteiger partial charge >= 0.3 is 0 Å². The van der Waals surface area contributed by atoms with Gasteiger partial charge in [-0.1, -0.05) is 30.3 Å². The van der Waals surface area contributed by atoms with Crippen LogP contribution >= 0.6 is 0 Å². The molecule has 2 aliphatic rings. The minimum absolute atomic E-state index is 0.0165. The molecule has 2 atom stereocenters. The van der Waals surface area contributed by atoms with E-state index in [2.05, 4.69) is 35.7 Å². The van der Waals surface area contributed by atoms with Crippen molar-refractivity contribution in [2.45, 2.75) is 45.8 Å². The zero-order chi connectivity index (χ0) is 29.2. The molecule has 9 heteroatoms.